The fraction of sp³-hybridized carbons (Fsp3) is 0.294. The topological polar surface area (TPSA) is 60.5 Å². The third kappa shape index (κ3) is 2.88. The third-order valence-electron chi connectivity index (χ3n) is 3.64. The van der Waals surface area contributed by atoms with Crippen molar-refractivity contribution in [2.24, 2.45) is 0 Å². The maximum Gasteiger partial charge on any atom is 0.341 e. The quantitative estimate of drug-likeness (QED) is 0.879. The molecule has 0 fully saturated rings. The van der Waals surface area contributed by atoms with E-state index in [1.807, 2.05) is 25.1 Å². The van der Waals surface area contributed by atoms with Crippen LogP contribution in [0.25, 0.3) is 0 Å². The summed E-state index contributed by atoms with van der Waals surface area (Å²) in [7, 11) is 1.36. The Hall–Kier alpha value is -2.56. The smallest absolute Gasteiger partial charge is 0.341 e. The molecule has 1 aromatic carbocycles. The molecule has 0 unspecified atom stereocenters. The van der Waals surface area contributed by atoms with E-state index < -0.39 is 5.97 Å². The van der Waals surface area contributed by atoms with E-state index in [4.69, 9.17) is 9.47 Å². The lowest BCUT2D eigenvalue weighted by atomic mass is 10.1. The molecule has 0 saturated carbocycles. The monoisotopic (exact) mass is 298 g/mol. The molecule has 0 atom stereocenters. The number of methoxy groups -OCH3 is 1. The number of anilines is 1. The van der Waals surface area contributed by atoms with Gasteiger partial charge in [0.15, 0.2) is 0 Å². The van der Waals surface area contributed by atoms with Crippen molar-refractivity contribution >= 4 is 11.8 Å². The Kier molecular flexibility index (Phi) is 3.96. The van der Waals surface area contributed by atoms with Gasteiger partial charge in [-0.3, -0.25) is 0 Å². The molecule has 0 bridgehead atoms. The Morgan fingerprint density at radius 1 is 1.32 bits per heavy atom. The summed E-state index contributed by atoms with van der Waals surface area (Å²) in [4.78, 5) is 16.3. The third-order valence-corrected chi connectivity index (χ3v) is 3.64. The van der Waals surface area contributed by atoms with E-state index in [0.29, 0.717) is 17.9 Å². The molecule has 3 rings (SSSR count). The van der Waals surface area contributed by atoms with Crippen molar-refractivity contribution in [1.29, 1.82) is 0 Å². The van der Waals surface area contributed by atoms with E-state index in [1.54, 1.807) is 6.07 Å². The van der Waals surface area contributed by atoms with Crippen molar-refractivity contribution in [3.8, 4) is 5.75 Å². The van der Waals surface area contributed by atoms with Gasteiger partial charge in [0.2, 0.25) is 0 Å². The SMILES string of the molecule is COC(=O)c1ccc(C)cc1OCc1ccc2c(n1)NCC2. The molecule has 0 aliphatic carbocycles. The maximum absolute atomic E-state index is 11.8. The lowest BCUT2D eigenvalue weighted by Crippen LogP contribution is -2.07. The summed E-state index contributed by atoms with van der Waals surface area (Å²) >= 11 is 0. The Balaban J connectivity index is 1.78. The van der Waals surface area contributed by atoms with Crippen LogP contribution in [0.4, 0.5) is 5.82 Å². The molecule has 2 aromatic rings. The minimum absolute atomic E-state index is 0.308. The molecule has 0 spiro atoms. The van der Waals surface area contributed by atoms with Crippen LogP contribution in [-0.4, -0.2) is 24.6 Å². The van der Waals surface area contributed by atoms with Crippen LogP contribution in [0.5, 0.6) is 5.75 Å². The first-order chi connectivity index (χ1) is 10.7. The summed E-state index contributed by atoms with van der Waals surface area (Å²) in [6, 6.07) is 9.43. The highest BCUT2D eigenvalue weighted by Gasteiger charge is 2.15. The molecular formula is C17H18N2O3. The Morgan fingerprint density at radius 2 is 2.18 bits per heavy atom. The maximum atomic E-state index is 11.8. The van der Waals surface area contributed by atoms with E-state index in [-0.39, 0.29) is 0 Å². The predicted molar refractivity (Wildman–Crippen MR) is 83.3 cm³/mol. The van der Waals surface area contributed by atoms with Crippen molar-refractivity contribution in [3.05, 3.63) is 52.7 Å². The summed E-state index contributed by atoms with van der Waals surface area (Å²) in [5, 5.41) is 3.25. The number of rotatable bonds is 4. The van der Waals surface area contributed by atoms with Gasteiger partial charge in [-0.05, 0) is 42.7 Å². The van der Waals surface area contributed by atoms with Gasteiger partial charge in [0.1, 0.15) is 23.7 Å². The Morgan fingerprint density at radius 3 is 3.00 bits per heavy atom. The summed E-state index contributed by atoms with van der Waals surface area (Å²) in [6.45, 7) is 3.19. The average molecular weight is 298 g/mol. The molecule has 114 valence electrons. The minimum atomic E-state index is -0.404. The van der Waals surface area contributed by atoms with Gasteiger partial charge in [-0.1, -0.05) is 12.1 Å². The number of esters is 1. The fourth-order valence-electron chi connectivity index (χ4n) is 2.46. The minimum Gasteiger partial charge on any atom is -0.486 e. The van der Waals surface area contributed by atoms with E-state index in [0.717, 1.165) is 30.0 Å². The first-order valence-electron chi connectivity index (χ1n) is 7.22. The molecule has 5 nitrogen and oxygen atoms in total. The number of carbonyl (C=O) groups is 1. The molecule has 2 heterocycles. The number of hydrogen-bond donors (Lipinski definition) is 1. The van der Waals surface area contributed by atoms with Gasteiger partial charge < -0.3 is 14.8 Å². The van der Waals surface area contributed by atoms with E-state index in [9.17, 15) is 4.79 Å². The molecule has 0 saturated heterocycles. The second-order valence-corrected chi connectivity index (χ2v) is 5.27. The van der Waals surface area contributed by atoms with Crippen LogP contribution < -0.4 is 10.1 Å². The number of fused-ring (bicyclic) bond motifs is 1. The number of benzene rings is 1. The molecule has 1 aromatic heterocycles. The van der Waals surface area contributed by atoms with Crippen LogP contribution in [0, 0.1) is 6.92 Å². The number of nitrogens with one attached hydrogen (secondary N) is 1. The summed E-state index contributed by atoms with van der Waals surface area (Å²) in [5.74, 6) is 1.04. The van der Waals surface area contributed by atoms with E-state index >= 15 is 0 Å². The second kappa shape index (κ2) is 6.05. The largest absolute Gasteiger partial charge is 0.486 e. The van der Waals surface area contributed by atoms with Crippen molar-refractivity contribution < 1.29 is 14.3 Å². The van der Waals surface area contributed by atoms with Crippen LogP contribution >= 0.6 is 0 Å². The van der Waals surface area contributed by atoms with Crippen LogP contribution in [0.15, 0.2) is 30.3 Å². The zero-order chi connectivity index (χ0) is 15.5. The molecule has 1 aliphatic rings. The zero-order valence-corrected chi connectivity index (χ0v) is 12.7. The lowest BCUT2D eigenvalue weighted by molar-refractivity contribution is 0.0595. The number of ether oxygens (including phenoxy) is 2. The highest BCUT2D eigenvalue weighted by molar-refractivity contribution is 5.92. The van der Waals surface area contributed by atoms with Crippen LogP contribution in [0.1, 0.15) is 27.2 Å². The molecule has 1 N–H and O–H groups in total. The first kappa shape index (κ1) is 14.4. The molecule has 22 heavy (non-hydrogen) atoms. The normalized spacial score (nSPS) is 12.5. The van der Waals surface area contributed by atoms with Gasteiger partial charge in [-0.2, -0.15) is 0 Å². The van der Waals surface area contributed by atoms with Crippen LogP contribution in [-0.2, 0) is 17.8 Å². The Labute approximate surface area is 129 Å². The summed E-state index contributed by atoms with van der Waals surface area (Å²) in [6.07, 6.45) is 1.01. The van der Waals surface area contributed by atoms with Crippen molar-refractivity contribution in [2.45, 2.75) is 20.0 Å². The van der Waals surface area contributed by atoms with Gasteiger partial charge in [0.25, 0.3) is 0 Å². The fourth-order valence-corrected chi connectivity index (χ4v) is 2.46. The average Bonchev–Trinajstić information content (AvgIpc) is 3.00. The standard InChI is InChI=1S/C17H18N2O3/c1-11-3-6-14(17(20)21-2)15(9-11)22-10-13-5-4-12-7-8-18-16(12)19-13/h3-6,9H,7-8,10H2,1-2H3,(H,18,19). The van der Waals surface area contributed by atoms with Crippen molar-refractivity contribution in [2.75, 3.05) is 19.0 Å². The van der Waals surface area contributed by atoms with Gasteiger partial charge >= 0.3 is 5.97 Å². The van der Waals surface area contributed by atoms with Crippen molar-refractivity contribution in [3.63, 3.8) is 0 Å². The molecule has 0 amide bonds. The number of nitrogens with zero attached hydrogens (tertiary/aromatic N) is 1. The molecule has 0 radical (unpaired) electrons. The number of pyridine rings is 1. The summed E-state index contributed by atoms with van der Waals surface area (Å²) < 4.78 is 10.6. The van der Waals surface area contributed by atoms with Gasteiger partial charge in [-0.25, -0.2) is 9.78 Å². The van der Waals surface area contributed by atoms with Gasteiger partial charge in [-0.15, -0.1) is 0 Å². The molecule has 5 heteroatoms. The number of aryl methyl sites for hydroxylation is 1. The molecule has 1 aliphatic heterocycles. The Bertz CT molecular complexity index is 713. The first-order valence-corrected chi connectivity index (χ1v) is 7.22. The van der Waals surface area contributed by atoms with E-state index in [2.05, 4.69) is 16.4 Å². The highest BCUT2D eigenvalue weighted by Crippen LogP contribution is 2.24. The summed E-state index contributed by atoms with van der Waals surface area (Å²) in [5.41, 5.74) is 3.50. The second-order valence-electron chi connectivity index (χ2n) is 5.27. The van der Waals surface area contributed by atoms with Crippen LogP contribution in [0.2, 0.25) is 0 Å². The van der Waals surface area contributed by atoms with E-state index in [1.165, 1.54) is 12.7 Å². The zero-order valence-electron chi connectivity index (χ0n) is 12.7. The van der Waals surface area contributed by atoms with Gasteiger partial charge in [0, 0.05) is 6.54 Å². The number of hydrogen-bond acceptors (Lipinski definition) is 5. The number of carbonyl (C=O) groups excluding carboxylic acids is 1. The predicted octanol–water partition coefficient (Wildman–Crippen LogP) is 2.72. The lowest BCUT2D eigenvalue weighted by Gasteiger charge is -2.11. The highest BCUT2D eigenvalue weighted by atomic mass is 16.5. The number of aromatic nitrogens is 1. The van der Waals surface area contributed by atoms with Crippen molar-refractivity contribution in [1.82, 2.24) is 4.98 Å². The molecular weight excluding hydrogens is 280 g/mol. The van der Waals surface area contributed by atoms with Gasteiger partial charge in [0.05, 0.1) is 12.8 Å². The van der Waals surface area contributed by atoms with Crippen LogP contribution in [0.3, 0.4) is 0 Å².